The van der Waals surface area contributed by atoms with Crippen LogP contribution in [0, 0.1) is 6.92 Å². The van der Waals surface area contributed by atoms with Crippen LogP contribution in [-0.2, 0) is 10.5 Å². The van der Waals surface area contributed by atoms with Gasteiger partial charge in [-0.15, -0.1) is 23.1 Å². The smallest absolute Gasteiger partial charge is 0.325 e. The topological polar surface area (TPSA) is 79.3 Å². The van der Waals surface area contributed by atoms with Crippen LogP contribution >= 0.6 is 23.1 Å². The van der Waals surface area contributed by atoms with Crippen LogP contribution in [0.1, 0.15) is 28.0 Å². The molecule has 2 aromatic rings. The minimum absolute atomic E-state index is 0.382. The molecule has 1 heterocycles. The van der Waals surface area contributed by atoms with Gasteiger partial charge in [0, 0.05) is 16.0 Å². The number of amides is 1. The van der Waals surface area contributed by atoms with Crippen molar-refractivity contribution >= 4 is 35.0 Å². The second-order valence-electron chi connectivity index (χ2n) is 4.68. The second kappa shape index (κ2) is 7.42. The van der Waals surface area contributed by atoms with Crippen molar-refractivity contribution < 1.29 is 14.7 Å². The van der Waals surface area contributed by atoms with Gasteiger partial charge >= 0.3 is 5.97 Å². The fourth-order valence-corrected chi connectivity index (χ4v) is 3.40. The van der Waals surface area contributed by atoms with Gasteiger partial charge in [0.15, 0.2) is 0 Å². The zero-order valence-corrected chi connectivity index (χ0v) is 13.8. The number of rotatable bonds is 6. The Morgan fingerprint density at radius 1 is 1.41 bits per heavy atom. The van der Waals surface area contributed by atoms with E-state index in [1.807, 2.05) is 24.4 Å². The first kappa shape index (κ1) is 16.5. The molecular weight excluding hydrogens is 320 g/mol. The Bertz CT molecular complexity index is 685. The first-order valence-electron chi connectivity index (χ1n) is 6.64. The zero-order chi connectivity index (χ0) is 16.1. The monoisotopic (exact) mass is 336 g/mol. The summed E-state index contributed by atoms with van der Waals surface area (Å²) in [4.78, 5) is 28.2. The van der Waals surface area contributed by atoms with Crippen molar-refractivity contribution in [2.24, 2.45) is 0 Å². The molecule has 2 rings (SSSR count). The Hall–Kier alpha value is -1.86. The van der Waals surface area contributed by atoms with E-state index in [9.17, 15) is 9.59 Å². The average molecular weight is 336 g/mol. The number of carbonyl (C=O) groups is 2. The van der Waals surface area contributed by atoms with Crippen LogP contribution < -0.4 is 5.32 Å². The van der Waals surface area contributed by atoms with Crippen molar-refractivity contribution in [2.45, 2.75) is 30.5 Å². The molecule has 0 aliphatic rings. The number of benzene rings is 1. The lowest BCUT2D eigenvalue weighted by Gasteiger charge is -2.12. The lowest BCUT2D eigenvalue weighted by Crippen LogP contribution is -2.38. The number of aryl methyl sites for hydroxylation is 1. The van der Waals surface area contributed by atoms with Gasteiger partial charge in [-0.05, 0) is 26.0 Å². The number of hydrogen-bond acceptors (Lipinski definition) is 5. The number of carboxylic acids is 1. The summed E-state index contributed by atoms with van der Waals surface area (Å²) in [5.74, 6) is -0.771. The van der Waals surface area contributed by atoms with E-state index in [1.54, 1.807) is 23.5 Å². The molecule has 0 spiro atoms. The fraction of sp³-hybridized carbons (Fsp3) is 0.267. The molecule has 22 heavy (non-hydrogen) atoms. The summed E-state index contributed by atoms with van der Waals surface area (Å²) in [6.45, 7) is 3.39. The first-order chi connectivity index (χ1) is 10.5. The van der Waals surface area contributed by atoms with Crippen LogP contribution in [0.5, 0.6) is 0 Å². The highest BCUT2D eigenvalue weighted by atomic mass is 32.2. The number of hydrogen-bond donors (Lipinski definition) is 2. The summed E-state index contributed by atoms with van der Waals surface area (Å²) in [5, 5.41) is 14.4. The summed E-state index contributed by atoms with van der Waals surface area (Å²) in [6.07, 6.45) is 0. The highest BCUT2D eigenvalue weighted by molar-refractivity contribution is 7.98. The maximum absolute atomic E-state index is 12.2. The molecule has 1 amide bonds. The maximum Gasteiger partial charge on any atom is 0.325 e. The SMILES string of the molecule is Cc1nc(CSc2ccccc2C(=O)NC(C)C(=O)O)cs1. The average Bonchev–Trinajstić information content (AvgIpc) is 2.90. The lowest BCUT2D eigenvalue weighted by atomic mass is 10.2. The van der Waals surface area contributed by atoms with Crippen LogP contribution in [0.25, 0.3) is 0 Å². The molecule has 0 saturated carbocycles. The van der Waals surface area contributed by atoms with Gasteiger partial charge in [0.1, 0.15) is 6.04 Å². The number of aromatic nitrogens is 1. The standard InChI is InChI=1S/C15H16N2O3S2/c1-9(15(19)20)16-14(18)12-5-3-4-6-13(12)22-8-11-7-21-10(2)17-11/h3-7,9H,8H2,1-2H3,(H,16,18)(H,19,20). The van der Waals surface area contributed by atoms with Crippen LogP contribution in [0.2, 0.25) is 0 Å². The number of carboxylic acid groups (broad SMARTS) is 1. The van der Waals surface area contributed by atoms with Gasteiger partial charge in [0.25, 0.3) is 5.91 Å². The highest BCUT2D eigenvalue weighted by Gasteiger charge is 2.17. The quantitative estimate of drug-likeness (QED) is 0.793. The van der Waals surface area contributed by atoms with Crippen molar-refractivity contribution in [1.82, 2.24) is 10.3 Å². The van der Waals surface area contributed by atoms with E-state index in [1.165, 1.54) is 18.7 Å². The molecule has 116 valence electrons. The summed E-state index contributed by atoms with van der Waals surface area (Å²) in [5.41, 5.74) is 1.45. The summed E-state index contributed by atoms with van der Waals surface area (Å²) < 4.78 is 0. The number of nitrogens with zero attached hydrogens (tertiary/aromatic N) is 1. The molecule has 0 aliphatic heterocycles. The van der Waals surface area contributed by atoms with E-state index in [-0.39, 0.29) is 5.91 Å². The molecule has 0 saturated heterocycles. The van der Waals surface area contributed by atoms with Crippen molar-refractivity contribution in [3.05, 3.63) is 45.9 Å². The molecule has 0 bridgehead atoms. The van der Waals surface area contributed by atoms with Gasteiger partial charge in [-0.25, -0.2) is 4.98 Å². The summed E-state index contributed by atoms with van der Waals surface area (Å²) >= 11 is 3.11. The summed E-state index contributed by atoms with van der Waals surface area (Å²) in [7, 11) is 0. The molecule has 2 N–H and O–H groups in total. The molecule has 0 radical (unpaired) electrons. The third-order valence-electron chi connectivity index (χ3n) is 2.89. The molecule has 5 nitrogen and oxygen atoms in total. The van der Waals surface area contributed by atoms with Crippen LogP contribution in [-0.4, -0.2) is 28.0 Å². The molecular formula is C15H16N2O3S2. The van der Waals surface area contributed by atoms with E-state index in [2.05, 4.69) is 10.3 Å². The van der Waals surface area contributed by atoms with Gasteiger partial charge in [0.05, 0.1) is 16.3 Å². The number of carbonyl (C=O) groups excluding carboxylic acids is 1. The Morgan fingerprint density at radius 2 is 2.14 bits per heavy atom. The Morgan fingerprint density at radius 3 is 2.77 bits per heavy atom. The molecule has 1 unspecified atom stereocenters. The number of thioether (sulfide) groups is 1. The van der Waals surface area contributed by atoms with E-state index in [0.29, 0.717) is 11.3 Å². The van der Waals surface area contributed by atoms with Crippen LogP contribution in [0.3, 0.4) is 0 Å². The van der Waals surface area contributed by atoms with E-state index < -0.39 is 12.0 Å². The number of thiazole rings is 1. The van der Waals surface area contributed by atoms with Crippen LogP contribution in [0.4, 0.5) is 0 Å². The fourth-order valence-electron chi connectivity index (χ4n) is 1.74. The molecule has 0 fully saturated rings. The van der Waals surface area contributed by atoms with E-state index in [0.717, 1.165) is 15.6 Å². The highest BCUT2D eigenvalue weighted by Crippen LogP contribution is 2.26. The first-order valence-corrected chi connectivity index (χ1v) is 8.50. The van der Waals surface area contributed by atoms with Crippen molar-refractivity contribution in [1.29, 1.82) is 0 Å². The summed E-state index contributed by atoms with van der Waals surface area (Å²) in [6, 6.07) is 6.23. The number of aliphatic carboxylic acids is 1. The minimum Gasteiger partial charge on any atom is -0.480 e. The third-order valence-corrected chi connectivity index (χ3v) is 4.82. The molecule has 7 heteroatoms. The number of nitrogens with one attached hydrogen (secondary N) is 1. The predicted octanol–water partition coefficient (Wildman–Crippen LogP) is 2.95. The van der Waals surface area contributed by atoms with Gasteiger partial charge in [-0.2, -0.15) is 0 Å². The Balaban J connectivity index is 2.09. The normalized spacial score (nSPS) is 11.9. The third kappa shape index (κ3) is 4.32. The Kier molecular flexibility index (Phi) is 5.57. The maximum atomic E-state index is 12.2. The van der Waals surface area contributed by atoms with Gasteiger partial charge in [-0.1, -0.05) is 12.1 Å². The van der Waals surface area contributed by atoms with Gasteiger partial charge in [-0.3, -0.25) is 9.59 Å². The predicted molar refractivity (Wildman–Crippen MR) is 87.4 cm³/mol. The van der Waals surface area contributed by atoms with Gasteiger partial charge in [0.2, 0.25) is 0 Å². The lowest BCUT2D eigenvalue weighted by molar-refractivity contribution is -0.138. The molecule has 1 atom stereocenters. The van der Waals surface area contributed by atoms with Gasteiger partial charge < -0.3 is 10.4 Å². The molecule has 0 aliphatic carbocycles. The van der Waals surface area contributed by atoms with Crippen molar-refractivity contribution in [3.8, 4) is 0 Å². The van der Waals surface area contributed by atoms with E-state index in [4.69, 9.17) is 5.11 Å². The minimum atomic E-state index is -1.06. The largest absolute Gasteiger partial charge is 0.480 e. The van der Waals surface area contributed by atoms with E-state index >= 15 is 0 Å². The molecule has 1 aromatic heterocycles. The van der Waals surface area contributed by atoms with Crippen molar-refractivity contribution in [2.75, 3.05) is 0 Å². The second-order valence-corrected chi connectivity index (χ2v) is 6.76. The Labute approximate surface area is 136 Å². The zero-order valence-electron chi connectivity index (χ0n) is 12.2. The van der Waals surface area contributed by atoms with Crippen molar-refractivity contribution in [3.63, 3.8) is 0 Å². The van der Waals surface area contributed by atoms with Crippen LogP contribution in [0.15, 0.2) is 34.5 Å². The molecule has 1 aromatic carbocycles.